The van der Waals surface area contributed by atoms with Gasteiger partial charge >= 0.3 is 0 Å². The number of allylic oxidation sites excluding steroid dienone is 4. The number of hydrogen-bond donors (Lipinski definition) is 1. The van der Waals surface area contributed by atoms with Crippen molar-refractivity contribution >= 4 is 9.24 Å². The van der Waals surface area contributed by atoms with Crippen LogP contribution in [-0.2, 0) is 0 Å². The minimum Gasteiger partial charge on any atom is -0.508 e. The average molecular weight is 126 g/mol. The summed E-state index contributed by atoms with van der Waals surface area (Å²) in [5, 5.41) is 8.75. The fourth-order valence-corrected chi connectivity index (χ4v) is 0.760. The van der Waals surface area contributed by atoms with Crippen molar-refractivity contribution in [1.82, 2.24) is 0 Å². The molecule has 0 saturated heterocycles. The third-order valence-corrected chi connectivity index (χ3v) is 1.34. The smallest absolute Gasteiger partial charge is 0.116 e. The highest BCUT2D eigenvalue weighted by molar-refractivity contribution is 7.20. The quantitative estimate of drug-likeness (QED) is 0.490. The fraction of sp³-hybridized carbons (Fsp3) is 0. The van der Waals surface area contributed by atoms with Crippen LogP contribution in [0.3, 0.4) is 0 Å². The minimum atomic E-state index is 0.332. The first-order valence-corrected chi connectivity index (χ1v) is 3.00. The molecule has 0 aliphatic heterocycles. The molecule has 1 unspecified atom stereocenters. The normalized spacial score (nSPS) is 22.1. The van der Waals surface area contributed by atoms with Gasteiger partial charge in [-0.3, -0.25) is 0 Å². The van der Waals surface area contributed by atoms with Crippen LogP contribution in [0.1, 0.15) is 0 Å². The van der Waals surface area contributed by atoms with E-state index in [1.165, 1.54) is 0 Å². The zero-order valence-corrected chi connectivity index (χ0v) is 5.49. The van der Waals surface area contributed by atoms with Crippen LogP contribution in [0.4, 0.5) is 0 Å². The minimum absolute atomic E-state index is 0.332. The van der Waals surface area contributed by atoms with E-state index in [0.717, 1.165) is 5.57 Å². The standard InChI is InChI=1S/C6H7OP/c7-6-2-1-5(3-6)4-8/h1-4,7H,8H2/b5-4-. The zero-order chi connectivity index (χ0) is 5.98. The molecule has 2 heteroatoms. The molecule has 0 heterocycles. The van der Waals surface area contributed by atoms with Crippen molar-refractivity contribution in [2.24, 2.45) is 0 Å². The first-order chi connectivity index (χ1) is 3.83. The summed E-state index contributed by atoms with van der Waals surface area (Å²) in [7, 11) is 2.47. The van der Waals surface area contributed by atoms with E-state index >= 15 is 0 Å². The highest BCUT2D eigenvalue weighted by atomic mass is 31.0. The van der Waals surface area contributed by atoms with Crippen LogP contribution in [0.15, 0.2) is 35.4 Å². The molecule has 0 amide bonds. The Morgan fingerprint density at radius 3 is 2.50 bits per heavy atom. The Bertz CT molecular complexity index is 177. The topological polar surface area (TPSA) is 20.2 Å². The van der Waals surface area contributed by atoms with Crippen LogP contribution >= 0.6 is 9.24 Å². The third-order valence-electron chi connectivity index (χ3n) is 0.954. The molecule has 0 saturated carbocycles. The molecule has 1 aliphatic carbocycles. The van der Waals surface area contributed by atoms with Gasteiger partial charge in [-0.25, -0.2) is 0 Å². The lowest BCUT2D eigenvalue weighted by atomic mass is 10.3. The van der Waals surface area contributed by atoms with Gasteiger partial charge in [-0.15, -0.1) is 9.24 Å². The van der Waals surface area contributed by atoms with Gasteiger partial charge < -0.3 is 5.11 Å². The summed E-state index contributed by atoms with van der Waals surface area (Å²) in [5.74, 6) is 2.19. The molecule has 0 radical (unpaired) electrons. The molecule has 1 rings (SSSR count). The van der Waals surface area contributed by atoms with E-state index in [4.69, 9.17) is 5.11 Å². The highest BCUT2D eigenvalue weighted by Crippen LogP contribution is 2.13. The van der Waals surface area contributed by atoms with Crippen molar-refractivity contribution in [3.8, 4) is 0 Å². The monoisotopic (exact) mass is 126 g/mol. The SMILES string of the molecule is OC1=C/C(=C\P)C=C1. The van der Waals surface area contributed by atoms with Gasteiger partial charge in [-0.05, 0) is 17.7 Å². The van der Waals surface area contributed by atoms with E-state index in [-0.39, 0.29) is 0 Å². The van der Waals surface area contributed by atoms with Gasteiger partial charge in [0.05, 0.1) is 0 Å². The maximum absolute atomic E-state index is 8.75. The first kappa shape index (κ1) is 5.58. The number of aliphatic hydroxyl groups excluding tert-OH is 1. The molecule has 0 bridgehead atoms. The van der Waals surface area contributed by atoms with Crippen LogP contribution in [0.25, 0.3) is 0 Å². The van der Waals surface area contributed by atoms with Crippen LogP contribution in [0, 0.1) is 0 Å². The largest absolute Gasteiger partial charge is 0.508 e. The molecule has 42 valence electrons. The van der Waals surface area contributed by atoms with Gasteiger partial charge in [0.15, 0.2) is 0 Å². The maximum atomic E-state index is 8.75. The van der Waals surface area contributed by atoms with Crippen LogP contribution in [-0.4, -0.2) is 5.11 Å². The lowest BCUT2D eigenvalue weighted by Crippen LogP contribution is -1.63. The highest BCUT2D eigenvalue weighted by Gasteiger charge is 1.95. The van der Waals surface area contributed by atoms with E-state index in [9.17, 15) is 0 Å². The van der Waals surface area contributed by atoms with Gasteiger partial charge in [-0.2, -0.15) is 0 Å². The molecule has 0 aromatic carbocycles. The van der Waals surface area contributed by atoms with Crippen molar-refractivity contribution in [3.63, 3.8) is 0 Å². The molecule has 1 N–H and O–H groups in total. The summed E-state index contributed by atoms with van der Waals surface area (Å²) in [6.07, 6.45) is 5.21. The van der Waals surface area contributed by atoms with Gasteiger partial charge in [0.2, 0.25) is 0 Å². The predicted molar refractivity (Wildman–Crippen MR) is 37.6 cm³/mol. The predicted octanol–water partition coefficient (Wildman–Crippen LogP) is 1.76. The van der Waals surface area contributed by atoms with Gasteiger partial charge in [-0.1, -0.05) is 11.9 Å². The second kappa shape index (κ2) is 2.15. The molecular formula is C6H7OP. The van der Waals surface area contributed by atoms with Gasteiger partial charge in [0, 0.05) is 0 Å². The second-order valence-corrected chi connectivity index (χ2v) is 1.90. The maximum Gasteiger partial charge on any atom is 0.116 e. The van der Waals surface area contributed by atoms with Crippen LogP contribution < -0.4 is 0 Å². The lowest BCUT2D eigenvalue weighted by molar-refractivity contribution is 0.434. The Morgan fingerprint density at radius 2 is 2.25 bits per heavy atom. The van der Waals surface area contributed by atoms with E-state index in [2.05, 4.69) is 9.24 Å². The van der Waals surface area contributed by atoms with Gasteiger partial charge in [0.25, 0.3) is 0 Å². The van der Waals surface area contributed by atoms with E-state index in [1.54, 1.807) is 12.2 Å². The molecule has 0 aromatic heterocycles. The lowest BCUT2D eigenvalue weighted by Gasteiger charge is -1.79. The molecule has 0 fully saturated rings. The van der Waals surface area contributed by atoms with Crippen molar-refractivity contribution < 1.29 is 5.11 Å². The van der Waals surface area contributed by atoms with Crippen molar-refractivity contribution in [1.29, 1.82) is 0 Å². The Hall–Kier alpha value is -0.550. The third kappa shape index (κ3) is 0.988. The Kier molecular flexibility index (Phi) is 1.50. The van der Waals surface area contributed by atoms with Crippen LogP contribution in [0.2, 0.25) is 0 Å². The second-order valence-electron chi connectivity index (χ2n) is 1.57. The van der Waals surface area contributed by atoms with E-state index < -0.39 is 0 Å². The van der Waals surface area contributed by atoms with Crippen molar-refractivity contribution in [2.45, 2.75) is 0 Å². The molecule has 1 atom stereocenters. The van der Waals surface area contributed by atoms with Gasteiger partial charge in [0.1, 0.15) is 5.76 Å². The summed E-state index contributed by atoms with van der Waals surface area (Å²) in [5.41, 5.74) is 1.03. The molecular weight excluding hydrogens is 119 g/mol. The van der Waals surface area contributed by atoms with E-state index in [1.807, 2.05) is 11.9 Å². The molecule has 0 aromatic rings. The van der Waals surface area contributed by atoms with E-state index in [0.29, 0.717) is 5.76 Å². The summed E-state index contributed by atoms with van der Waals surface area (Å²) >= 11 is 0. The zero-order valence-electron chi connectivity index (χ0n) is 4.33. The number of aliphatic hydroxyl groups is 1. The molecule has 1 nitrogen and oxygen atoms in total. The molecule has 0 spiro atoms. The molecule has 8 heavy (non-hydrogen) atoms. The Morgan fingerprint density at radius 1 is 1.50 bits per heavy atom. The summed E-state index contributed by atoms with van der Waals surface area (Å²) in [4.78, 5) is 0. The summed E-state index contributed by atoms with van der Waals surface area (Å²) < 4.78 is 0. The average Bonchev–Trinajstić information content (AvgIpc) is 2.14. The molecule has 1 aliphatic rings. The Labute approximate surface area is 50.6 Å². The van der Waals surface area contributed by atoms with Crippen LogP contribution in [0.5, 0.6) is 0 Å². The number of rotatable bonds is 0. The first-order valence-electron chi connectivity index (χ1n) is 2.33. The summed E-state index contributed by atoms with van der Waals surface area (Å²) in [6.45, 7) is 0. The van der Waals surface area contributed by atoms with Crippen molar-refractivity contribution in [2.75, 3.05) is 0 Å². The Balaban J connectivity index is 2.84. The summed E-state index contributed by atoms with van der Waals surface area (Å²) in [6, 6.07) is 0. The number of hydrogen-bond acceptors (Lipinski definition) is 1. The fourth-order valence-electron chi connectivity index (χ4n) is 0.552. The van der Waals surface area contributed by atoms with Crippen molar-refractivity contribution in [3.05, 3.63) is 35.4 Å².